The number of nitrogens with zero attached hydrogens (tertiary/aromatic N) is 1. The Morgan fingerprint density at radius 1 is 1.17 bits per heavy atom. The van der Waals surface area contributed by atoms with Crippen molar-refractivity contribution in [3.05, 3.63) is 65.1 Å². The van der Waals surface area contributed by atoms with Crippen molar-refractivity contribution < 1.29 is 17.9 Å². The molecule has 1 aromatic heterocycles. The molecule has 8 nitrogen and oxygen atoms in total. The van der Waals surface area contributed by atoms with E-state index in [2.05, 4.69) is 20.3 Å². The lowest BCUT2D eigenvalue weighted by Crippen LogP contribution is -2.37. The molecule has 0 aliphatic rings. The molecule has 3 rings (SSSR count). The summed E-state index contributed by atoms with van der Waals surface area (Å²) in [4.78, 5) is 15.9. The number of aromatic nitrogens is 1. The average Bonchev–Trinajstić information content (AvgIpc) is 3.20. The highest BCUT2D eigenvalue weighted by Gasteiger charge is 2.15. The molecule has 0 atom stereocenters. The molecule has 0 bridgehead atoms. The van der Waals surface area contributed by atoms with E-state index in [0.29, 0.717) is 16.5 Å². The molecule has 30 heavy (non-hydrogen) atoms. The normalized spacial score (nSPS) is 10.8. The van der Waals surface area contributed by atoms with Crippen molar-refractivity contribution in [2.75, 3.05) is 16.6 Å². The number of carbonyl (C=O) groups excluding carboxylic acids is 1. The van der Waals surface area contributed by atoms with Gasteiger partial charge < -0.3 is 10.1 Å². The molecule has 0 saturated carbocycles. The molecule has 12 heteroatoms. The number of halogens is 1. The van der Waals surface area contributed by atoms with Crippen LogP contribution in [0.25, 0.3) is 0 Å². The maximum atomic E-state index is 12.3. The molecule has 156 valence electrons. The smallest absolute Gasteiger partial charge is 0.264 e. The Hall–Kier alpha value is -2.73. The number of nitrogens with one attached hydrogen (secondary N) is 3. The van der Waals surface area contributed by atoms with Crippen molar-refractivity contribution >= 4 is 67.0 Å². The zero-order valence-corrected chi connectivity index (χ0v) is 18.4. The van der Waals surface area contributed by atoms with Gasteiger partial charge in [-0.05, 0) is 48.6 Å². The summed E-state index contributed by atoms with van der Waals surface area (Å²) in [5.74, 6) is -0.0874. The Morgan fingerprint density at radius 3 is 2.57 bits per heavy atom. The van der Waals surface area contributed by atoms with Crippen LogP contribution in [0.15, 0.2) is 65.0 Å². The topological polar surface area (TPSA) is 109 Å². The number of amides is 1. The number of anilines is 2. The lowest BCUT2D eigenvalue weighted by molar-refractivity contribution is -0.121. The van der Waals surface area contributed by atoms with Gasteiger partial charge in [0.2, 0.25) is 0 Å². The van der Waals surface area contributed by atoms with Gasteiger partial charge in [-0.3, -0.25) is 14.8 Å². The van der Waals surface area contributed by atoms with Crippen molar-refractivity contribution in [2.24, 2.45) is 0 Å². The van der Waals surface area contributed by atoms with E-state index < -0.39 is 15.9 Å². The fourth-order valence-electron chi connectivity index (χ4n) is 2.20. The van der Waals surface area contributed by atoms with Gasteiger partial charge in [0, 0.05) is 17.3 Å². The molecule has 3 aromatic rings. The monoisotopic (exact) mass is 482 g/mol. The SMILES string of the molecule is O=C(COc1ccccc1Cl)NC(=S)Nc1ccc(S(=O)(=O)Nc2nccs2)cc1. The van der Waals surface area contributed by atoms with E-state index in [1.807, 2.05) is 0 Å². The number of thiocarbonyl (C=S) groups is 1. The maximum Gasteiger partial charge on any atom is 0.264 e. The molecule has 1 heterocycles. The van der Waals surface area contributed by atoms with E-state index >= 15 is 0 Å². The average molecular weight is 483 g/mol. The molecule has 2 aromatic carbocycles. The highest BCUT2D eigenvalue weighted by molar-refractivity contribution is 7.93. The van der Waals surface area contributed by atoms with Crippen LogP contribution < -0.4 is 20.1 Å². The van der Waals surface area contributed by atoms with E-state index in [9.17, 15) is 13.2 Å². The van der Waals surface area contributed by atoms with Gasteiger partial charge in [0.25, 0.3) is 15.9 Å². The summed E-state index contributed by atoms with van der Waals surface area (Å²) in [6, 6.07) is 12.6. The van der Waals surface area contributed by atoms with Crippen LogP contribution in [-0.4, -0.2) is 31.0 Å². The van der Waals surface area contributed by atoms with E-state index in [4.69, 9.17) is 28.6 Å². The summed E-state index contributed by atoms with van der Waals surface area (Å²) in [7, 11) is -3.74. The number of para-hydroxylation sites is 1. The number of benzene rings is 2. The highest BCUT2D eigenvalue weighted by Crippen LogP contribution is 2.23. The quantitative estimate of drug-likeness (QED) is 0.442. The lowest BCUT2D eigenvalue weighted by Gasteiger charge is -2.11. The summed E-state index contributed by atoms with van der Waals surface area (Å²) in [5.41, 5.74) is 0.500. The molecule has 0 spiro atoms. The van der Waals surface area contributed by atoms with Gasteiger partial charge in [-0.2, -0.15) is 0 Å². The van der Waals surface area contributed by atoms with Gasteiger partial charge in [0.05, 0.1) is 9.92 Å². The van der Waals surface area contributed by atoms with Crippen molar-refractivity contribution in [3.8, 4) is 5.75 Å². The zero-order valence-electron chi connectivity index (χ0n) is 15.2. The second-order valence-electron chi connectivity index (χ2n) is 5.69. The third kappa shape index (κ3) is 6.13. The molecule has 0 saturated heterocycles. The molecule has 0 fully saturated rings. The van der Waals surface area contributed by atoms with Crippen LogP contribution >= 0.6 is 35.2 Å². The van der Waals surface area contributed by atoms with Crippen LogP contribution in [0.5, 0.6) is 5.75 Å². The number of ether oxygens (including phenoxy) is 1. The number of sulfonamides is 1. The van der Waals surface area contributed by atoms with Crippen LogP contribution in [0.4, 0.5) is 10.8 Å². The summed E-state index contributed by atoms with van der Waals surface area (Å²) < 4.78 is 32.4. The second kappa shape index (κ2) is 9.85. The molecular weight excluding hydrogens is 468 g/mol. The van der Waals surface area contributed by atoms with Crippen molar-refractivity contribution in [2.45, 2.75) is 4.90 Å². The molecular formula is C18H15ClN4O4S3. The van der Waals surface area contributed by atoms with Gasteiger partial charge in [0.1, 0.15) is 5.75 Å². The Morgan fingerprint density at radius 2 is 1.90 bits per heavy atom. The minimum Gasteiger partial charge on any atom is -0.482 e. The van der Waals surface area contributed by atoms with Gasteiger partial charge in [-0.25, -0.2) is 13.4 Å². The minimum absolute atomic E-state index is 0.0410. The predicted molar refractivity (Wildman–Crippen MR) is 121 cm³/mol. The molecule has 0 aliphatic carbocycles. The van der Waals surface area contributed by atoms with Crippen molar-refractivity contribution in [1.82, 2.24) is 10.3 Å². The Balaban J connectivity index is 1.51. The second-order valence-corrected chi connectivity index (χ2v) is 9.08. The number of carbonyl (C=O) groups is 1. The summed E-state index contributed by atoms with van der Waals surface area (Å²) >= 11 is 12.2. The Bertz CT molecular complexity index is 1140. The van der Waals surface area contributed by atoms with Crippen LogP contribution in [0, 0.1) is 0 Å². The molecule has 0 radical (unpaired) electrons. The molecule has 3 N–H and O–H groups in total. The van der Waals surface area contributed by atoms with Crippen molar-refractivity contribution in [1.29, 1.82) is 0 Å². The largest absolute Gasteiger partial charge is 0.482 e. The first-order valence-electron chi connectivity index (χ1n) is 8.34. The summed E-state index contributed by atoms with van der Waals surface area (Å²) in [5, 5.41) is 7.65. The molecule has 1 amide bonds. The first-order chi connectivity index (χ1) is 14.3. The summed E-state index contributed by atoms with van der Waals surface area (Å²) in [6.07, 6.45) is 1.50. The maximum absolute atomic E-state index is 12.3. The lowest BCUT2D eigenvalue weighted by atomic mass is 10.3. The fourth-order valence-corrected chi connectivity index (χ4v) is 4.41. The first kappa shape index (κ1) is 22.0. The van der Waals surface area contributed by atoms with E-state index in [-0.39, 0.29) is 21.7 Å². The van der Waals surface area contributed by atoms with Gasteiger partial charge in [0.15, 0.2) is 16.9 Å². The number of hydrogen-bond donors (Lipinski definition) is 3. The third-order valence-corrected chi connectivity index (χ3v) is 6.21. The van der Waals surface area contributed by atoms with Crippen LogP contribution in [0.3, 0.4) is 0 Å². The van der Waals surface area contributed by atoms with E-state index in [0.717, 1.165) is 0 Å². The van der Waals surface area contributed by atoms with E-state index in [1.165, 1.54) is 41.8 Å². The van der Waals surface area contributed by atoms with Crippen molar-refractivity contribution in [3.63, 3.8) is 0 Å². The Labute approximate surface area is 187 Å². The van der Waals surface area contributed by atoms with E-state index in [1.54, 1.807) is 29.6 Å². The molecule has 0 unspecified atom stereocenters. The van der Waals surface area contributed by atoms with Crippen LogP contribution in [0.1, 0.15) is 0 Å². The predicted octanol–water partition coefficient (Wildman–Crippen LogP) is 3.49. The van der Waals surface area contributed by atoms with Gasteiger partial charge >= 0.3 is 0 Å². The third-order valence-electron chi connectivity index (χ3n) is 3.52. The first-order valence-corrected chi connectivity index (χ1v) is 11.5. The van der Waals surface area contributed by atoms with Crippen LogP contribution in [0.2, 0.25) is 5.02 Å². The van der Waals surface area contributed by atoms with Gasteiger partial charge in [-0.15, -0.1) is 11.3 Å². The summed E-state index contributed by atoms with van der Waals surface area (Å²) in [6.45, 7) is -0.273. The highest BCUT2D eigenvalue weighted by atomic mass is 35.5. The van der Waals surface area contributed by atoms with Crippen LogP contribution in [-0.2, 0) is 14.8 Å². The Kier molecular flexibility index (Phi) is 7.21. The fraction of sp³-hybridized carbons (Fsp3) is 0.0556. The number of hydrogen-bond acceptors (Lipinski definition) is 7. The zero-order chi connectivity index (χ0) is 21.6. The number of rotatable bonds is 7. The molecule has 0 aliphatic heterocycles. The minimum atomic E-state index is -3.74. The standard InChI is InChI=1S/C18H15ClN4O4S3/c19-14-3-1-2-4-15(14)27-11-16(24)22-17(28)21-12-5-7-13(8-6-12)30(25,26)23-18-20-9-10-29-18/h1-10H,11H2,(H,20,23)(H2,21,22,24,28). The van der Waals surface area contributed by atoms with Gasteiger partial charge in [-0.1, -0.05) is 23.7 Å². The number of thiazole rings is 1.